The van der Waals surface area contributed by atoms with Crippen molar-refractivity contribution in [2.75, 3.05) is 12.4 Å². The van der Waals surface area contributed by atoms with Crippen LogP contribution < -0.4 is 10.4 Å². The first-order valence-corrected chi connectivity index (χ1v) is 7.21. The van der Waals surface area contributed by atoms with Gasteiger partial charge in [0, 0.05) is 19.2 Å². The van der Waals surface area contributed by atoms with Crippen molar-refractivity contribution in [3.05, 3.63) is 39.8 Å². The third-order valence-electron chi connectivity index (χ3n) is 3.21. The summed E-state index contributed by atoms with van der Waals surface area (Å²) in [6.07, 6.45) is 1.96. The quantitative estimate of drug-likeness (QED) is 0.858. The summed E-state index contributed by atoms with van der Waals surface area (Å²) < 4.78 is 7.02. The molecule has 6 heteroatoms. The number of aromatic nitrogens is 3. The van der Waals surface area contributed by atoms with Gasteiger partial charge in [-0.05, 0) is 23.6 Å². The molecule has 0 fully saturated rings. The van der Waals surface area contributed by atoms with Gasteiger partial charge in [0.15, 0.2) is 5.16 Å². The van der Waals surface area contributed by atoms with Crippen molar-refractivity contribution >= 4 is 11.8 Å². The lowest BCUT2D eigenvalue weighted by molar-refractivity contribution is 0.357. The van der Waals surface area contributed by atoms with E-state index in [2.05, 4.69) is 22.3 Å². The lowest BCUT2D eigenvalue weighted by Crippen LogP contribution is -2.13. The van der Waals surface area contributed by atoms with Crippen molar-refractivity contribution in [2.45, 2.75) is 18.0 Å². The van der Waals surface area contributed by atoms with Gasteiger partial charge in [0.2, 0.25) is 0 Å². The zero-order valence-electron chi connectivity index (χ0n) is 10.7. The Kier molecular flexibility index (Phi) is 3.33. The van der Waals surface area contributed by atoms with Crippen LogP contribution in [0.4, 0.5) is 0 Å². The standard InChI is InChI=1S/C13H15N3O2S/c1-16-12(17)14-15-13(16)19-7-5-9-2-3-11-10(8-9)4-6-18-11/h2-3,8H,4-7H2,1H3,(H,14,17). The zero-order valence-corrected chi connectivity index (χ0v) is 11.5. The van der Waals surface area contributed by atoms with Gasteiger partial charge in [-0.25, -0.2) is 9.89 Å². The number of aryl methyl sites for hydroxylation is 1. The molecule has 0 saturated heterocycles. The van der Waals surface area contributed by atoms with E-state index in [1.54, 1.807) is 18.8 Å². The minimum atomic E-state index is -0.169. The molecule has 0 spiro atoms. The average molecular weight is 277 g/mol. The predicted molar refractivity (Wildman–Crippen MR) is 73.9 cm³/mol. The van der Waals surface area contributed by atoms with E-state index in [9.17, 15) is 4.79 Å². The van der Waals surface area contributed by atoms with Crippen LogP contribution in [0.15, 0.2) is 28.2 Å². The molecule has 0 radical (unpaired) electrons. The molecule has 0 aliphatic carbocycles. The highest BCUT2D eigenvalue weighted by atomic mass is 32.2. The van der Waals surface area contributed by atoms with E-state index in [1.807, 2.05) is 6.07 Å². The number of ether oxygens (including phenoxy) is 1. The number of thioether (sulfide) groups is 1. The van der Waals surface area contributed by atoms with Gasteiger partial charge in [-0.3, -0.25) is 4.57 Å². The average Bonchev–Trinajstić information content (AvgIpc) is 2.99. The molecule has 100 valence electrons. The number of H-pyrrole nitrogens is 1. The summed E-state index contributed by atoms with van der Waals surface area (Å²) >= 11 is 1.59. The van der Waals surface area contributed by atoms with E-state index >= 15 is 0 Å². The van der Waals surface area contributed by atoms with Crippen molar-refractivity contribution < 1.29 is 4.74 Å². The van der Waals surface area contributed by atoms with Crippen LogP contribution in [0.3, 0.4) is 0 Å². The van der Waals surface area contributed by atoms with Crippen LogP contribution >= 0.6 is 11.8 Å². The van der Waals surface area contributed by atoms with Crippen molar-refractivity contribution in [1.29, 1.82) is 0 Å². The Labute approximate surface area is 115 Å². The fourth-order valence-corrected chi connectivity index (χ4v) is 3.02. The van der Waals surface area contributed by atoms with Crippen LogP contribution in [0.1, 0.15) is 11.1 Å². The first-order valence-electron chi connectivity index (χ1n) is 6.23. The fourth-order valence-electron chi connectivity index (χ4n) is 2.12. The molecule has 1 aliphatic rings. The van der Waals surface area contributed by atoms with Gasteiger partial charge in [-0.15, -0.1) is 5.10 Å². The molecule has 1 N–H and O–H groups in total. The molecule has 1 aliphatic heterocycles. The lowest BCUT2D eigenvalue weighted by atomic mass is 10.1. The van der Waals surface area contributed by atoms with E-state index in [0.29, 0.717) is 0 Å². The number of rotatable bonds is 4. The molecule has 0 amide bonds. The third kappa shape index (κ3) is 2.53. The molecule has 0 atom stereocenters. The molecule has 2 heterocycles. The summed E-state index contributed by atoms with van der Waals surface area (Å²) in [5.74, 6) is 1.92. The SMILES string of the molecule is Cn1c(SCCc2ccc3c(c2)CCO3)n[nH]c1=O. The van der Waals surface area contributed by atoms with E-state index in [-0.39, 0.29) is 5.69 Å². The van der Waals surface area contributed by atoms with E-state index in [4.69, 9.17) is 4.74 Å². The Balaban J connectivity index is 1.61. The maximum Gasteiger partial charge on any atom is 0.343 e. The first-order chi connectivity index (χ1) is 9.24. The number of fused-ring (bicyclic) bond motifs is 1. The van der Waals surface area contributed by atoms with Crippen LogP contribution in [-0.4, -0.2) is 27.1 Å². The predicted octanol–water partition coefficient (Wildman–Crippen LogP) is 1.38. The van der Waals surface area contributed by atoms with Gasteiger partial charge in [-0.2, -0.15) is 0 Å². The smallest absolute Gasteiger partial charge is 0.343 e. The second-order valence-electron chi connectivity index (χ2n) is 4.51. The van der Waals surface area contributed by atoms with Crippen LogP contribution in [-0.2, 0) is 19.9 Å². The number of hydrogen-bond donors (Lipinski definition) is 1. The highest BCUT2D eigenvalue weighted by molar-refractivity contribution is 7.99. The van der Waals surface area contributed by atoms with Gasteiger partial charge < -0.3 is 4.74 Å². The Bertz CT molecular complexity index is 648. The van der Waals surface area contributed by atoms with E-state index in [0.717, 1.165) is 36.1 Å². The normalized spacial score (nSPS) is 13.3. The highest BCUT2D eigenvalue weighted by Gasteiger charge is 2.12. The Morgan fingerprint density at radius 3 is 3.21 bits per heavy atom. The summed E-state index contributed by atoms with van der Waals surface area (Å²) in [7, 11) is 1.72. The topological polar surface area (TPSA) is 59.9 Å². The summed E-state index contributed by atoms with van der Waals surface area (Å²) in [6.45, 7) is 0.795. The molecular formula is C13H15N3O2S. The molecule has 0 unspecified atom stereocenters. The number of nitrogens with one attached hydrogen (secondary N) is 1. The van der Waals surface area contributed by atoms with Crippen molar-refractivity contribution in [3.8, 4) is 5.75 Å². The van der Waals surface area contributed by atoms with Gasteiger partial charge in [0.25, 0.3) is 0 Å². The molecule has 1 aromatic heterocycles. The van der Waals surface area contributed by atoms with Crippen LogP contribution in [0.25, 0.3) is 0 Å². The Morgan fingerprint density at radius 1 is 1.53 bits per heavy atom. The third-order valence-corrected chi connectivity index (χ3v) is 4.25. The summed E-state index contributed by atoms with van der Waals surface area (Å²) in [5.41, 5.74) is 2.43. The molecular weight excluding hydrogens is 262 g/mol. The maximum atomic E-state index is 11.2. The molecule has 2 aromatic rings. The second kappa shape index (κ2) is 5.13. The molecule has 5 nitrogen and oxygen atoms in total. The summed E-state index contributed by atoms with van der Waals surface area (Å²) in [5, 5.41) is 7.14. The largest absolute Gasteiger partial charge is 0.493 e. The van der Waals surface area contributed by atoms with Crippen LogP contribution in [0, 0.1) is 0 Å². The number of benzene rings is 1. The first kappa shape index (κ1) is 12.3. The molecule has 19 heavy (non-hydrogen) atoms. The van der Waals surface area contributed by atoms with Crippen LogP contribution in [0.2, 0.25) is 0 Å². The Hall–Kier alpha value is -1.69. The maximum absolute atomic E-state index is 11.2. The van der Waals surface area contributed by atoms with Crippen molar-refractivity contribution in [2.24, 2.45) is 7.05 Å². The van der Waals surface area contributed by atoms with Gasteiger partial charge in [0.1, 0.15) is 5.75 Å². The van der Waals surface area contributed by atoms with Crippen molar-refractivity contribution in [1.82, 2.24) is 14.8 Å². The van der Waals surface area contributed by atoms with Crippen molar-refractivity contribution in [3.63, 3.8) is 0 Å². The number of nitrogens with zero attached hydrogens (tertiary/aromatic N) is 2. The van der Waals surface area contributed by atoms with E-state index in [1.165, 1.54) is 15.7 Å². The van der Waals surface area contributed by atoms with Crippen LogP contribution in [0.5, 0.6) is 5.75 Å². The highest BCUT2D eigenvalue weighted by Crippen LogP contribution is 2.26. The summed E-state index contributed by atoms with van der Waals surface area (Å²) in [6, 6.07) is 6.37. The van der Waals surface area contributed by atoms with E-state index < -0.39 is 0 Å². The second-order valence-corrected chi connectivity index (χ2v) is 5.57. The van der Waals surface area contributed by atoms with Gasteiger partial charge >= 0.3 is 5.69 Å². The number of hydrogen-bond acceptors (Lipinski definition) is 4. The summed E-state index contributed by atoms with van der Waals surface area (Å²) in [4.78, 5) is 11.2. The molecule has 0 saturated carbocycles. The fraction of sp³-hybridized carbons (Fsp3) is 0.385. The van der Waals surface area contributed by atoms with Gasteiger partial charge in [-0.1, -0.05) is 23.9 Å². The lowest BCUT2D eigenvalue weighted by Gasteiger charge is -2.04. The minimum Gasteiger partial charge on any atom is -0.493 e. The van der Waals surface area contributed by atoms with Gasteiger partial charge in [0.05, 0.1) is 6.61 Å². The number of aromatic amines is 1. The molecule has 1 aromatic carbocycles. The molecule has 0 bridgehead atoms. The monoisotopic (exact) mass is 277 g/mol. The Morgan fingerprint density at radius 2 is 2.42 bits per heavy atom. The molecule has 3 rings (SSSR count). The minimum absolute atomic E-state index is 0.169. The zero-order chi connectivity index (χ0) is 13.2.